The Bertz CT molecular complexity index is 1230. The van der Waals surface area contributed by atoms with Crippen LogP contribution in [-0.2, 0) is 11.3 Å². The van der Waals surface area contributed by atoms with Gasteiger partial charge >= 0.3 is 0 Å². The van der Waals surface area contributed by atoms with Gasteiger partial charge in [0, 0.05) is 30.0 Å². The molecule has 1 fully saturated rings. The topological polar surface area (TPSA) is 76.2 Å². The van der Waals surface area contributed by atoms with E-state index in [0.29, 0.717) is 11.7 Å². The summed E-state index contributed by atoms with van der Waals surface area (Å²) in [5.74, 6) is 1.47. The van der Waals surface area contributed by atoms with Crippen LogP contribution in [0.4, 0.5) is 11.4 Å². The molecule has 0 spiro atoms. The number of benzene rings is 2. The van der Waals surface area contributed by atoms with E-state index in [0.717, 1.165) is 35.9 Å². The van der Waals surface area contributed by atoms with Gasteiger partial charge in [-0.1, -0.05) is 42.1 Å². The Kier molecular flexibility index (Phi) is 7.18. The van der Waals surface area contributed by atoms with Crippen molar-refractivity contribution >= 4 is 29.0 Å². The molecule has 2 aromatic carbocycles. The largest absolute Gasteiger partial charge is 0.467 e. The Morgan fingerprint density at radius 2 is 1.77 bits per heavy atom. The fourth-order valence-corrected chi connectivity index (χ4v) is 5.09. The molecule has 3 heterocycles. The molecular weight excluding hydrogens is 458 g/mol. The van der Waals surface area contributed by atoms with Crippen molar-refractivity contribution < 1.29 is 9.21 Å². The number of aromatic nitrogens is 3. The second-order valence-corrected chi connectivity index (χ2v) is 9.99. The molecule has 8 heteroatoms. The molecular formula is C27H29N5O2S. The maximum atomic E-state index is 13.0. The summed E-state index contributed by atoms with van der Waals surface area (Å²) in [6.07, 6.45) is 5.44. The number of piperidine rings is 1. The summed E-state index contributed by atoms with van der Waals surface area (Å²) in [5.41, 5.74) is 2.97. The van der Waals surface area contributed by atoms with Crippen molar-refractivity contribution in [2.45, 2.75) is 43.1 Å². The van der Waals surface area contributed by atoms with Crippen LogP contribution in [0, 0.1) is 0 Å². The number of carbonyl (C=O) groups is 1. The van der Waals surface area contributed by atoms with Crippen LogP contribution >= 0.6 is 11.8 Å². The second kappa shape index (κ2) is 10.8. The van der Waals surface area contributed by atoms with Gasteiger partial charge in [0.05, 0.1) is 18.1 Å². The van der Waals surface area contributed by atoms with Gasteiger partial charge in [0.25, 0.3) is 0 Å². The number of furan rings is 1. The summed E-state index contributed by atoms with van der Waals surface area (Å²) in [4.78, 5) is 15.4. The number of carbonyl (C=O) groups excluding carboxylic acids is 1. The highest BCUT2D eigenvalue weighted by molar-refractivity contribution is 8.00. The Labute approximate surface area is 209 Å². The lowest BCUT2D eigenvalue weighted by Gasteiger charge is -2.28. The molecule has 0 saturated carbocycles. The van der Waals surface area contributed by atoms with Crippen molar-refractivity contribution in [3.63, 3.8) is 0 Å². The molecule has 1 atom stereocenters. The number of nitrogens with one attached hydrogen (secondary N) is 1. The first-order valence-corrected chi connectivity index (χ1v) is 12.9. The zero-order valence-corrected chi connectivity index (χ0v) is 20.6. The predicted octanol–water partition coefficient (Wildman–Crippen LogP) is 5.70. The number of hydrogen-bond donors (Lipinski definition) is 1. The van der Waals surface area contributed by atoms with Crippen molar-refractivity contribution in [2.75, 3.05) is 23.3 Å². The summed E-state index contributed by atoms with van der Waals surface area (Å²) >= 11 is 1.39. The fourth-order valence-electron chi connectivity index (χ4n) is 4.24. The second-order valence-electron chi connectivity index (χ2n) is 8.68. The minimum atomic E-state index is -0.361. The minimum Gasteiger partial charge on any atom is -0.467 e. The average Bonchev–Trinajstić information content (AvgIpc) is 3.56. The number of rotatable bonds is 8. The number of amides is 1. The SMILES string of the molecule is CC(Sc1nnc(-c2ccccc2)n1Cc1ccco1)C(=O)Nc1ccc(N2CCCCC2)cc1. The van der Waals surface area contributed by atoms with E-state index in [1.54, 1.807) is 6.26 Å². The van der Waals surface area contributed by atoms with Gasteiger partial charge in [-0.15, -0.1) is 10.2 Å². The fraction of sp³-hybridized carbons (Fsp3) is 0.296. The predicted molar refractivity (Wildman–Crippen MR) is 140 cm³/mol. The van der Waals surface area contributed by atoms with Gasteiger partial charge in [-0.3, -0.25) is 9.36 Å². The van der Waals surface area contributed by atoms with E-state index in [9.17, 15) is 4.79 Å². The highest BCUT2D eigenvalue weighted by Gasteiger charge is 2.22. The lowest BCUT2D eigenvalue weighted by molar-refractivity contribution is -0.115. The van der Waals surface area contributed by atoms with Gasteiger partial charge in [0.1, 0.15) is 5.76 Å². The van der Waals surface area contributed by atoms with Crippen molar-refractivity contribution in [1.29, 1.82) is 0 Å². The minimum absolute atomic E-state index is 0.0745. The first kappa shape index (κ1) is 23.2. The van der Waals surface area contributed by atoms with Gasteiger partial charge in [-0.25, -0.2) is 0 Å². The Morgan fingerprint density at radius 1 is 1.00 bits per heavy atom. The lowest BCUT2D eigenvalue weighted by atomic mass is 10.1. The van der Waals surface area contributed by atoms with Crippen LogP contribution in [0.25, 0.3) is 11.4 Å². The standard InChI is InChI=1S/C27H29N5O2S/c1-20(26(33)28-22-12-14-23(15-13-22)31-16-6-3-7-17-31)35-27-30-29-25(21-9-4-2-5-10-21)32(27)19-24-11-8-18-34-24/h2,4-5,8-15,18,20H,3,6-7,16-17,19H2,1H3,(H,28,33). The van der Waals surface area contributed by atoms with Gasteiger partial charge in [-0.05, 0) is 62.6 Å². The molecule has 0 radical (unpaired) electrons. The molecule has 1 N–H and O–H groups in total. The third-order valence-electron chi connectivity index (χ3n) is 6.15. The zero-order valence-electron chi connectivity index (χ0n) is 19.8. The van der Waals surface area contributed by atoms with Gasteiger partial charge in [0.2, 0.25) is 5.91 Å². The van der Waals surface area contributed by atoms with Gasteiger partial charge in [-0.2, -0.15) is 0 Å². The molecule has 1 aliphatic rings. The molecule has 35 heavy (non-hydrogen) atoms. The molecule has 1 aliphatic heterocycles. The average molecular weight is 488 g/mol. The van der Waals surface area contributed by atoms with Crippen LogP contribution in [0.3, 0.4) is 0 Å². The molecule has 0 bridgehead atoms. The van der Waals surface area contributed by atoms with Gasteiger partial charge in [0.15, 0.2) is 11.0 Å². The number of anilines is 2. The molecule has 4 aromatic rings. The monoisotopic (exact) mass is 487 g/mol. The molecule has 1 amide bonds. The van der Waals surface area contributed by atoms with Crippen molar-refractivity contribution in [2.24, 2.45) is 0 Å². The molecule has 180 valence electrons. The van der Waals surface area contributed by atoms with E-state index in [1.807, 2.05) is 66.1 Å². The van der Waals surface area contributed by atoms with E-state index < -0.39 is 0 Å². The normalized spacial score (nSPS) is 14.6. The van der Waals surface area contributed by atoms with Crippen molar-refractivity contribution in [3.8, 4) is 11.4 Å². The first-order valence-electron chi connectivity index (χ1n) is 12.0. The lowest BCUT2D eigenvalue weighted by Crippen LogP contribution is -2.29. The maximum absolute atomic E-state index is 13.0. The van der Waals surface area contributed by atoms with E-state index in [-0.39, 0.29) is 11.2 Å². The first-order chi connectivity index (χ1) is 17.2. The third kappa shape index (κ3) is 5.59. The smallest absolute Gasteiger partial charge is 0.237 e. The van der Waals surface area contributed by atoms with Crippen molar-refractivity contribution in [3.05, 3.63) is 78.8 Å². The Morgan fingerprint density at radius 3 is 2.49 bits per heavy atom. The summed E-state index contributed by atoms with van der Waals surface area (Å²) < 4.78 is 7.57. The van der Waals surface area contributed by atoms with Gasteiger partial charge < -0.3 is 14.6 Å². The van der Waals surface area contributed by atoms with E-state index in [1.165, 1.54) is 36.7 Å². The Balaban J connectivity index is 1.28. The van der Waals surface area contributed by atoms with E-state index in [4.69, 9.17) is 4.42 Å². The van der Waals surface area contributed by atoms with Crippen molar-refractivity contribution in [1.82, 2.24) is 14.8 Å². The quantitative estimate of drug-likeness (QED) is 0.322. The number of nitrogens with zero attached hydrogens (tertiary/aromatic N) is 4. The summed E-state index contributed by atoms with van der Waals surface area (Å²) in [6.45, 7) is 4.57. The highest BCUT2D eigenvalue weighted by atomic mass is 32.2. The molecule has 5 rings (SSSR count). The van der Waals surface area contributed by atoms with Crippen LogP contribution in [-0.4, -0.2) is 39.0 Å². The molecule has 1 unspecified atom stereocenters. The third-order valence-corrected chi connectivity index (χ3v) is 7.23. The summed E-state index contributed by atoms with van der Waals surface area (Å²) in [7, 11) is 0. The number of thioether (sulfide) groups is 1. The Hall–Kier alpha value is -3.52. The van der Waals surface area contributed by atoms with Crippen LogP contribution in [0.1, 0.15) is 31.9 Å². The van der Waals surface area contributed by atoms with Crippen LogP contribution in [0.15, 0.2) is 82.6 Å². The zero-order chi connectivity index (χ0) is 24.0. The van der Waals surface area contributed by atoms with Crippen LogP contribution < -0.4 is 10.2 Å². The van der Waals surface area contributed by atoms with E-state index >= 15 is 0 Å². The molecule has 7 nitrogen and oxygen atoms in total. The molecule has 0 aliphatic carbocycles. The molecule has 2 aromatic heterocycles. The van der Waals surface area contributed by atoms with Crippen LogP contribution in [0.2, 0.25) is 0 Å². The molecule has 1 saturated heterocycles. The number of hydrogen-bond acceptors (Lipinski definition) is 6. The highest BCUT2D eigenvalue weighted by Crippen LogP contribution is 2.29. The van der Waals surface area contributed by atoms with Crippen LogP contribution in [0.5, 0.6) is 0 Å². The maximum Gasteiger partial charge on any atom is 0.237 e. The summed E-state index contributed by atoms with van der Waals surface area (Å²) in [6, 6.07) is 21.8. The van der Waals surface area contributed by atoms with E-state index in [2.05, 4.69) is 32.5 Å². The summed E-state index contributed by atoms with van der Waals surface area (Å²) in [5, 5.41) is 12.2.